The van der Waals surface area contributed by atoms with Crippen molar-refractivity contribution in [1.82, 2.24) is 30.1 Å². The van der Waals surface area contributed by atoms with Crippen LogP contribution in [0.15, 0.2) is 54.9 Å². The van der Waals surface area contributed by atoms with Gasteiger partial charge < -0.3 is 9.88 Å². The molecule has 0 spiro atoms. The van der Waals surface area contributed by atoms with E-state index in [9.17, 15) is 0 Å². The lowest BCUT2D eigenvalue weighted by molar-refractivity contribution is 0.579. The van der Waals surface area contributed by atoms with Gasteiger partial charge in [-0.1, -0.05) is 6.07 Å². The maximum atomic E-state index is 4.95. The van der Waals surface area contributed by atoms with Crippen LogP contribution in [0.4, 0.5) is 5.69 Å². The van der Waals surface area contributed by atoms with Gasteiger partial charge in [-0.05, 0) is 55.7 Å². The second kappa shape index (κ2) is 6.95. The van der Waals surface area contributed by atoms with Gasteiger partial charge in [-0.25, -0.2) is 9.97 Å². The predicted octanol–water partition coefficient (Wildman–Crippen LogP) is 4.55. The van der Waals surface area contributed by atoms with Crippen LogP contribution in [0.2, 0.25) is 0 Å². The minimum absolute atomic E-state index is 0.736. The van der Waals surface area contributed by atoms with Crippen LogP contribution in [0.3, 0.4) is 0 Å². The van der Waals surface area contributed by atoms with E-state index in [1.165, 1.54) is 24.9 Å². The molecule has 1 aliphatic heterocycles. The number of imidazole rings is 1. The molecule has 0 aliphatic carbocycles. The first-order valence-corrected chi connectivity index (χ1v) is 10.4. The largest absolute Gasteiger partial charge is 0.370 e. The standard InChI is InChI=1S/C23H21N7/c1-2-13-30(14-3-1)19-6-4-5-17-20(19)27-23(26-17)22-21-18(28-29-22)8-7-16(25-21)15-9-11-24-12-10-15/h4-12H,1-3,13-14H2,(H,26,27)(H,28,29). The number of fused-ring (bicyclic) bond motifs is 2. The van der Waals surface area contributed by atoms with Crippen LogP contribution in [0.1, 0.15) is 19.3 Å². The van der Waals surface area contributed by atoms with Crippen molar-refractivity contribution in [3.05, 3.63) is 54.9 Å². The highest BCUT2D eigenvalue weighted by atomic mass is 15.2. The second-order valence-corrected chi connectivity index (χ2v) is 7.71. The number of piperidine rings is 1. The molecule has 4 aromatic heterocycles. The molecule has 0 unspecified atom stereocenters. The minimum Gasteiger partial charge on any atom is -0.370 e. The van der Waals surface area contributed by atoms with E-state index in [2.05, 4.69) is 43.3 Å². The van der Waals surface area contributed by atoms with E-state index in [1.54, 1.807) is 12.4 Å². The van der Waals surface area contributed by atoms with Crippen LogP contribution in [-0.4, -0.2) is 43.2 Å². The number of H-pyrrole nitrogens is 2. The Morgan fingerprint density at radius 3 is 2.53 bits per heavy atom. The summed E-state index contributed by atoms with van der Waals surface area (Å²) in [4.78, 5) is 19.8. The Balaban J connectivity index is 1.47. The Morgan fingerprint density at radius 1 is 0.800 bits per heavy atom. The number of nitrogens with one attached hydrogen (secondary N) is 2. The van der Waals surface area contributed by atoms with Crippen LogP contribution in [-0.2, 0) is 0 Å². The van der Waals surface area contributed by atoms with Gasteiger partial charge in [0.1, 0.15) is 11.0 Å². The third kappa shape index (κ3) is 2.82. The summed E-state index contributed by atoms with van der Waals surface area (Å²) in [6.07, 6.45) is 7.33. The number of hydrogen-bond donors (Lipinski definition) is 2. The maximum Gasteiger partial charge on any atom is 0.161 e. The van der Waals surface area contributed by atoms with Gasteiger partial charge >= 0.3 is 0 Å². The third-order valence-corrected chi connectivity index (χ3v) is 5.80. The van der Waals surface area contributed by atoms with Crippen molar-refractivity contribution >= 4 is 27.8 Å². The van der Waals surface area contributed by atoms with Gasteiger partial charge in [0.05, 0.1) is 22.4 Å². The molecule has 7 nitrogen and oxygen atoms in total. The zero-order valence-corrected chi connectivity index (χ0v) is 16.5. The van der Waals surface area contributed by atoms with Crippen LogP contribution < -0.4 is 4.90 Å². The van der Waals surface area contributed by atoms with E-state index >= 15 is 0 Å². The zero-order valence-electron chi connectivity index (χ0n) is 16.5. The Labute approximate surface area is 173 Å². The molecule has 1 saturated heterocycles. The number of aromatic amines is 2. The van der Waals surface area contributed by atoms with Gasteiger partial charge in [0.2, 0.25) is 0 Å². The molecule has 1 fully saturated rings. The number of hydrogen-bond acceptors (Lipinski definition) is 5. The Kier molecular flexibility index (Phi) is 3.97. The van der Waals surface area contributed by atoms with Crippen LogP contribution >= 0.6 is 0 Å². The highest BCUT2D eigenvalue weighted by Gasteiger charge is 2.19. The highest BCUT2D eigenvalue weighted by molar-refractivity contribution is 5.95. The van der Waals surface area contributed by atoms with Gasteiger partial charge in [0, 0.05) is 31.0 Å². The highest BCUT2D eigenvalue weighted by Crippen LogP contribution is 2.32. The zero-order chi connectivity index (χ0) is 19.9. The topological polar surface area (TPSA) is 86.4 Å². The quantitative estimate of drug-likeness (QED) is 0.468. The average Bonchev–Trinajstić information content (AvgIpc) is 3.43. The van der Waals surface area contributed by atoms with Crippen LogP contribution in [0.25, 0.3) is 44.8 Å². The third-order valence-electron chi connectivity index (χ3n) is 5.80. The molecule has 30 heavy (non-hydrogen) atoms. The summed E-state index contributed by atoms with van der Waals surface area (Å²) in [6.45, 7) is 2.17. The van der Waals surface area contributed by atoms with Crippen LogP contribution in [0, 0.1) is 0 Å². The van der Waals surface area contributed by atoms with E-state index in [-0.39, 0.29) is 0 Å². The fourth-order valence-electron chi connectivity index (χ4n) is 4.27. The fourth-order valence-corrected chi connectivity index (χ4v) is 4.27. The Morgan fingerprint density at radius 2 is 1.67 bits per heavy atom. The second-order valence-electron chi connectivity index (χ2n) is 7.71. The summed E-state index contributed by atoms with van der Waals surface area (Å²) in [5.74, 6) is 0.736. The van der Waals surface area contributed by atoms with E-state index in [1.807, 2.05) is 24.3 Å². The van der Waals surface area contributed by atoms with Crippen molar-refractivity contribution in [1.29, 1.82) is 0 Å². The number of anilines is 1. The fraction of sp³-hybridized carbons (Fsp3) is 0.217. The summed E-state index contributed by atoms with van der Waals surface area (Å²) in [6, 6.07) is 14.3. The monoisotopic (exact) mass is 395 g/mol. The lowest BCUT2D eigenvalue weighted by Crippen LogP contribution is -2.29. The summed E-state index contributed by atoms with van der Waals surface area (Å²) >= 11 is 0. The SMILES string of the molecule is c1cc(N2CCCCC2)c2nc(-c3n[nH]c4ccc(-c5ccncc5)nc34)[nH]c2c1. The number of pyridine rings is 2. The van der Waals surface area contributed by atoms with Crippen molar-refractivity contribution in [3.8, 4) is 22.8 Å². The normalized spacial score (nSPS) is 14.6. The summed E-state index contributed by atoms with van der Waals surface area (Å²) < 4.78 is 0. The first kappa shape index (κ1) is 17.1. The van der Waals surface area contributed by atoms with Gasteiger partial charge in [0.25, 0.3) is 0 Å². The molecule has 1 aliphatic rings. The van der Waals surface area contributed by atoms with Crippen LogP contribution in [0.5, 0.6) is 0 Å². The smallest absolute Gasteiger partial charge is 0.161 e. The van der Waals surface area contributed by atoms with E-state index in [4.69, 9.17) is 9.97 Å². The number of nitrogens with zero attached hydrogens (tertiary/aromatic N) is 5. The molecule has 0 radical (unpaired) electrons. The minimum atomic E-state index is 0.736. The molecule has 148 valence electrons. The van der Waals surface area contributed by atoms with Gasteiger partial charge in [-0.15, -0.1) is 0 Å². The lowest BCUT2D eigenvalue weighted by Gasteiger charge is -2.28. The Bertz CT molecular complexity index is 1330. The van der Waals surface area contributed by atoms with Crippen molar-refractivity contribution in [3.63, 3.8) is 0 Å². The molecular weight excluding hydrogens is 374 g/mol. The lowest BCUT2D eigenvalue weighted by atomic mass is 10.1. The number of para-hydroxylation sites is 1. The Hall–Kier alpha value is -3.74. The molecule has 0 atom stereocenters. The molecule has 6 rings (SSSR count). The van der Waals surface area contributed by atoms with E-state index in [0.29, 0.717) is 0 Å². The van der Waals surface area contributed by atoms with E-state index < -0.39 is 0 Å². The van der Waals surface area contributed by atoms with Gasteiger partial charge in [0.15, 0.2) is 11.5 Å². The molecule has 0 saturated carbocycles. The van der Waals surface area contributed by atoms with Crippen molar-refractivity contribution in [2.75, 3.05) is 18.0 Å². The number of benzene rings is 1. The number of aromatic nitrogens is 6. The van der Waals surface area contributed by atoms with Crippen molar-refractivity contribution in [2.24, 2.45) is 0 Å². The van der Waals surface area contributed by atoms with Gasteiger partial charge in [-0.3, -0.25) is 10.1 Å². The molecule has 5 aromatic rings. The molecule has 5 heterocycles. The van der Waals surface area contributed by atoms with Crippen molar-refractivity contribution in [2.45, 2.75) is 19.3 Å². The summed E-state index contributed by atoms with van der Waals surface area (Å²) in [5.41, 5.74) is 7.56. The summed E-state index contributed by atoms with van der Waals surface area (Å²) in [7, 11) is 0. The molecule has 2 N–H and O–H groups in total. The van der Waals surface area contributed by atoms with Gasteiger partial charge in [-0.2, -0.15) is 5.10 Å². The van der Waals surface area contributed by atoms with E-state index in [0.717, 1.165) is 57.9 Å². The maximum absolute atomic E-state index is 4.95. The molecule has 1 aromatic carbocycles. The molecular formula is C23H21N7. The molecule has 0 bridgehead atoms. The average molecular weight is 395 g/mol. The molecule has 0 amide bonds. The predicted molar refractivity (Wildman–Crippen MR) is 118 cm³/mol. The van der Waals surface area contributed by atoms with Crippen molar-refractivity contribution < 1.29 is 0 Å². The summed E-state index contributed by atoms with van der Waals surface area (Å²) in [5, 5.41) is 7.62. The first-order chi connectivity index (χ1) is 14.9. The number of rotatable bonds is 3. The first-order valence-electron chi connectivity index (χ1n) is 10.4. The molecule has 7 heteroatoms.